The Balaban J connectivity index is 1.88. The molecular weight excluding hydrogens is 341 g/mol. The molecule has 0 radical (unpaired) electrons. The van der Waals surface area contributed by atoms with Crippen molar-refractivity contribution in [2.24, 2.45) is 0 Å². The van der Waals surface area contributed by atoms with Crippen LogP contribution < -0.4 is 0 Å². The van der Waals surface area contributed by atoms with Crippen LogP contribution in [0.4, 0.5) is 13.2 Å². The minimum absolute atomic E-state index is 0.0571. The highest BCUT2D eigenvalue weighted by atomic mass is 19.2. The number of benzene rings is 2. The van der Waals surface area contributed by atoms with Crippen molar-refractivity contribution in [1.29, 1.82) is 0 Å². The molecular formula is C21H23F3O2. The molecule has 1 aliphatic rings. The Kier molecular flexibility index (Phi) is 5.99. The van der Waals surface area contributed by atoms with Crippen LogP contribution in [-0.2, 0) is 15.9 Å². The smallest absolute Gasteiger partial charge is 0.167 e. The van der Waals surface area contributed by atoms with Gasteiger partial charge in [0.15, 0.2) is 17.9 Å². The van der Waals surface area contributed by atoms with E-state index in [0.717, 1.165) is 18.4 Å². The van der Waals surface area contributed by atoms with Crippen LogP contribution in [0.15, 0.2) is 30.3 Å². The summed E-state index contributed by atoms with van der Waals surface area (Å²) in [4.78, 5) is 0. The summed E-state index contributed by atoms with van der Waals surface area (Å²) in [6.45, 7) is 2.28. The van der Waals surface area contributed by atoms with E-state index in [1.54, 1.807) is 13.2 Å². The van der Waals surface area contributed by atoms with Crippen molar-refractivity contribution >= 4 is 0 Å². The summed E-state index contributed by atoms with van der Waals surface area (Å²) in [5.74, 6) is -2.71. The van der Waals surface area contributed by atoms with Gasteiger partial charge in [0.25, 0.3) is 0 Å². The number of halogens is 3. The maximum absolute atomic E-state index is 14.7. The summed E-state index contributed by atoms with van der Waals surface area (Å²) in [6, 6.07) is 7.66. The molecule has 1 fully saturated rings. The lowest BCUT2D eigenvalue weighted by atomic mass is 9.90. The van der Waals surface area contributed by atoms with Crippen molar-refractivity contribution in [3.05, 3.63) is 58.9 Å². The molecule has 0 saturated carbocycles. The minimum atomic E-state index is -1.02. The van der Waals surface area contributed by atoms with Gasteiger partial charge in [-0.3, -0.25) is 0 Å². The number of ether oxygens (including phenoxy) is 2. The Hall–Kier alpha value is -1.85. The topological polar surface area (TPSA) is 18.5 Å². The van der Waals surface area contributed by atoms with Crippen LogP contribution in [0.5, 0.6) is 0 Å². The molecule has 2 unspecified atom stereocenters. The Labute approximate surface area is 151 Å². The van der Waals surface area contributed by atoms with Gasteiger partial charge < -0.3 is 9.47 Å². The van der Waals surface area contributed by atoms with E-state index >= 15 is 0 Å². The maximum Gasteiger partial charge on any atom is 0.167 e. The lowest BCUT2D eigenvalue weighted by Gasteiger charge is -2.28. The molecule has 1 saturated heterocycles. The fourth-order valence-electron chi connectivity index (χ4n) is 3.47. The van der Waals surface area contributed by atoms with Crippen LogP contribution in [0, 0.1) is 17.5 Å². The first-order valence-corrected chi connectivity index (χ1v) is 8.96. The van der Waals surface area contributed by atoms with Gasteiger partial charge in [-0.15, -0.1) is 0 Å². The monoisotopic (exact) mass is 364 g/mol. The van der Waals surface area contributed by atoms with Crippen molar-refractivity contribution < 1.29 is 22.6 Å². The van der Waals surface area contributed by atoms with E-state index in [-0.39, 0.29) is 35.5 Å². The fraction of sp³-hybridized carbons (Fsp3) is 0.429. The number of aryl methyl sites for hydroxylation is 1. The SMILES string of the molecule is CCCc1ccc(-c2ccc(C3CCC(OC)OC3)c(F)c2F)c(F)c1. The average molecular weight is 364 g/mol. The lowest BCUT2D eigenvalue weighted by molar-refractivity contribution is -0.151. The highest BCUT2D eigenvalue weighted by Crippen LogP contribution is 2.35. The fourth-order valence-corrected chi connectivity index (χ4v) is 3.47. The van der Waals surface area contributed by atoms with Gasteiger partial charge in [0, 0.05) is 24.2 Å². The first kappa shape index (κ1) is 18.9. The van der Waals surface area contributed by atoms with E-state index in [0.29, 0.717) is 12.8 Å². The van der Waals surface area contributed by atoms with Gasteiger partial charge in [-0.05, 0) is 36.5 Å². The van der Waals surface area contributed by atoms with Crippen molar-refractivity contribution in [2.75, 3.05) is 13.7 Å². The van der Waals surface area contributed by atoms with Gasteiger partial charge >= 0.3 is 0 Å². The molecule has 0 spiro atoms. The second-order valence-corrected chi connectivity index (χ2v) is 6.67. The first-order chi connectivity index (χ1) is 12.5. The Morgan fingerprint density at radius 2 is 1.81 bits per heavy atom. The van der Waals surface area contributed by atoms with E-state index < -0.39 is 17.5 Å². The second-order valence-electron chi connectivity index (χ2n) is 6.67. The molecule has 2 aromatic carbocycles. The summed E-state index contributed by atoms with van der Waals surface area (Å²) < 4.78 is 54.3. The number of hydrogen-bond acceptors (Lipinski definition) is 2. The third-order valence-electron chi connectivity index (χ3n) is 4.91. The molecule has 0 aromatic heterocycles. The molecule has 0 N–H and O–H groups in total. The second kappa shape index (κ2) is 8.23. The van der Waals surface area contributed by atoms with E-state index in [2.05, 4.69) is 0 Å². The molecule has 140 valence electrons. The summed E-state index contributed by atoms with van der Waals surface area (Å²) in [5.41, 5.74) is 1.13. The number of methoxy groups -OCH3 is 1. The minimum Gasteiger partial charge on any atom is -0.356 e. The summed E-state index contributed by atoms with van der Waals surface area (Å²) in [7, 11) is 1.56. The predicted octanol–water partition coefficient (Wildman–Crippen LogP) is 5.59. The maximum atomic E-state index is 14.7. The summed E-state index contributed by atoms with van der Waals surface area (Å²) >= 11 is 0. The van der Waals surface area contributed by atoms with E-state index in [9.17, 15) is 13.2 Å². The molecule has 26 heavy (non-hydrogen) atoms. The predicted molar refractivity (Wildman–Crippen MR) is 94.5 cm³/mol. The van der Waals surface area contributed by atoms with Crippen LogP contribution >= 0.6 is 0 Å². The molecule has 2 nitrogen and oxygen atoms in total. The quantitative estimate of drug-likeness (QED) is 0.688. The molecule has 0 bridgehead atoms. The van der Waals surface area contributed by atoms with Gasteiger partial charge in [0.2, 0.25) is 0 Å². The molecule has 2 atom stereocenters. The van der Waals surface area contributed by atoms with E-state index in [1.807, 2.05) is 6.92 Å². The van der Waals surface area contributed by atoms with Crippen LogP contribution in [0.25, 0.3) is 11.1 Å². The summed E-state index contributed by atoms with van der Waals surface area (Å²) in [6.07, 6.45) is 2.61. The molecule has 3 rings (SSSR count). The van der Waals surface area contributed by atoms with Gasteiger partial charge in [-0.1, -0.05) is 37.6 Å². The van der Waals surface area contributed by atoms with E-state index in [4.69, 9.17) is 9.47 Å². The summed E-state index contributed by atoms with van der Waals surface area (Å²) in [5, 5.41) is 0. The van der Waals surface area contributed by atoms with Crippen molar-refractivity contribution in [2.45, 2.75) is 44.8 Å². The standard InChI is InChI=1S/C21H23F3O2/c1-3-4-13-5-7-16(18(22)11-13)17-9-8-15(20(23)21(17)24)14-6-10-19(25-2)26-12-14/h5,7-9,11,14,19H,3-4,6,10,12H2,1-2H3. The van der Waals surface area contributed by atoms with Gasteiger partial charge in [-0.2, -0.15) is 0 Å². The van der Waals surface area contributed by atoms with Gasteiger partial charge in [-0.25, -0.2) is 13.2 Å². The lowest BCUT2D eigenvalue weighted by Crippen LogP contribution is -2.26. The third kappa shape index (κ3) is 3.79. The first-order valence-electron chi connectivity index (χ1n) is 8.96. The number of hydrogen-bond donors (Lipinski definition) is 0. The van der Waals surface area contributed by atoms with Gasteiger partial charge in [0.05, 0.1) is 6.61 Å². The van der Waals surface area contributed by atoms with Crippen LogP contribution in [0.2, 0.25) is 0 Å². The Morgan fingerprint density at radius 3 is 2.42 bits per heavy atom. The molecule has 0 aliphatic carbocycles. The van der Waals surface area contributed by atoms with Gasteiger partial charge in [0.1, 0.15) is 5.82 Å². The highest BCUT2D eigenvalue weighted by molar-refractivity contribution is 5.66. The zero-order valence-electron chi connectivity index (χ0n) is 15.0. The van der Waals surface area contributed by atoms with Crippen molar-refractivity contribution in [1.82, 2.24) is 0 Å². The highest BCUT2D eigenvalue weighted by Gasteiger charge is 2.27. The normalized spacial score (nSPS) is 20.3. The van der Waals surface area contributed by atoms with Crippen LogP contribution in [-0.4, -0.2) is 20.0 Å². The molecule has 1 heterocycles. The van der Waals surface area contributed by atoms with E-state index in [1.165, 1.54) is 24.3 Å². The molecule has 2 aromatic rings. The van der Waals surface area contributed by atoms with Crippen LogP contribution in [0.1, 0.15) is 43.2 Å². The number of rotatable bonds is 5. The van der Waals surface area contributed by atoms with Crippen molar-refractivity contribution in [3.8, 4) is 11.1 Å². The molecule has 0 amide bonds. The third-order valence-corrected chi connectivity index (χ3v) is 4.91. The zero-order chi connectivity index (χ0) is 18.7. The van der Waals surface area contributed by atoms with Crippen molar-refractivity contribution in [3.63, 3.8) is 0 Å². The zero-order valence-corrected chi connectivity index (χ0v) is 15.0. The largest absolute Gasteiger partial charge is 0.356 e. The molecule has 5 heteroatoms. The Bertz CT molecular complexity index is 768. The van der Waals surface area contributed by atoms with Crippen LogP contribution in [0.3, 0.4) is 0 Å². The molecule has 1 aliphatic heterocycles. The average Bonchev–Trinajstić information content (AvgIpc) is 2.65. The Morgan fingerprint density at radius 1 is 1.04 bits per heavy atom.